The second kappa shape index (κ2) is 11.9. The number of amides is 1. The van der Waals surface area contributed by atoms with Gasteiger partial charge in [-0.25, -0.2) is 4.98 Å². The van der Waals surface area contributed by atoms with Crippen LogP contribution in [-0.2, 0) is 0 Å². The van der Waals surface area contributed by atoms with Crippen molar-refractivity contribution in [2.45, 2.75) is 19.3 Å². The van der Waals surface area contributed by atoms with Gasteiger partial charge in [0.2, 0.25) is 0 Å². The Labute approximate surface area is 216 Å². The Morgan fingerprint density at radius 1 is 0.676 bits per heavy atom. The Hall–Kier alpha value is -4.58. The van der Waals surface area contributed by atoms with Crippen molar-refractivity contribution in [2.24, 2.45) is 0 Å². The van der Waals surface area contributed by atoms with Gasteiger partial charge in [-0.15, -0.1) is 0 Å². The van der Waals surface area contributed by atoms with E-state index >= 15 is 0 Å². The smallest absolute Gasteiger partial charge is 0.251 e. The third-order valence-corrected chi connectivity index (χ3v) is 6.04. The molecular formula is C31H28N4O2. The third-order valence-electron chi connectivity index (χ3n) is 6.04. The molecule has 1 N–H and O–H groups in total. The maximum absolute atomic E-state index is 12.5. The molecule has 0 bridgehead atoms. The van der Waals surface area contributed by atoms with Gasteiger partial charge in [0.25, 0.3) is 5.91 Å². The van der Waals surface area contributed by atoms with Crippen LogP contribution in [0, 0.1) is 0 Å². The Morgan fingerprint density at radius 2 is 1.35 bits per heavy atom. The van der Waals surface area contributed by atoms with Crippen molar-refractivity contribution in [3.05, 3.63) is 109 Å². The molecule has 3 aromatic heterocycles. The molecule has 0 radical (unpaired) electrons. The Bertz CT molecular complexity index is 1420. The van der Waals surface area contributed by atoms with Crippen LogP contribution in [0.1, 0.15) is 29.6 Å². The summed E-state index contributed by atoms with van der Waals surface area (Å²) >= 11 is 0. The summed E-state index contributed by atoms with van der Waals surface area (Å²) in [7, 11) is 0. The first-order valence-corrected chi connectivity index (χ1v) is 12.5. The molecule has 6 heteroatoms. The molecule has 184 valence electrons. The van der Waals surface area contributed by atoms with Gasteiger partial charge >= 0.3 is 0 Å². The summed E-state index contributed by atoms with van der Waals surface area (Å²) in [6.07, 6.45) is 6.22. The number of pyridine rings is 3. The second-order valence-corrected chi connectivity index (χ2v) is 8.73. The summed E-state index contributed by atoms with van der Waals surface area (Å²) in [5, 5.41) is 5.22. The number of benzene rings is 2. The summed E-state index contributed by atoms with van der Waals surface area (Å²) in [5.74, 6) is 0.698. The van der Waals surface area contributed by atoms with Crippen molar-refractivity contribution < 1.29 is 9.53 Å². The fraction of sp³-hybridized carbons (Fsp3) is 0.161. The highest BCUT2D eigenvalue weighted by Gasteiger charge is 2.10. The number of carbonyl (C=O) groups is 1. The number of fused-ring (bicyclic) bond motifs is 1. The average Bonchev–Trinajstić information content (AvgIpc) is 2.97. The molecule has 0 aliphatic heterocycles. The standard InChI is InChI=1S/C31H28N4O2/c36-31(25-15-14-23-10-2-3-11-24(23)20-25)34-18-6-1-9-19-37-26-21-29(27-12-4-7-16-32-27)35-30(22-26)28-13-5-8-17-33-28/h2-5,7-8,10-17,20-22H,1,6,9,18-19H2,(H,34,36). The van der Waals surface area contributed by atoms with Crippen molar-refractivity contribution in [3.63, 3.8) is 0 Å². The monoisotopic (exact) mass is 488 g/mol. The minimum atomic E-state index is -0.0390. The van der Waals surface area contributed by atoms with Gasteiger partial charge in [0, 0.05) is 36.6 Å². The number of rotatable bonds is 10. The highest BCUT2D eigenvalue weighted by molar-refractivity contribution is 5.98. The van der Waals surface area contributed by atoms with Crippen molar-refractivity contribution in [2.75, 3.05) is 13.2 Å². The van der Waals surface area contributed by atoms with Crippen molar-refractivity contribution in [3.8, 4) is 28.5 Å². The predicted molar refractivity (Wildman–Crippen MR) is 146 cm³/mol. The van der Waals surface area contributed by atoms with E-state index in [1.54, 1.807) is 12.4 Å². The Kier molecular flexibility index (Phi) is 7.76. The molecule has 0 saturated carbocycles. The van der Waals surface area contributed by atoms with Crippen LogP contribution in [0.2, 0.25) is 0 Å². The van der Waals surface area contributed by atoms with Gasteiger partial charge in [0.15, 0.2) is 0 Å². The predicted octanol–water partition coefficient (Wildman–Crippen LogP) is 6.34. The molecular weight excluding hydrogens is 460 g/mol. The van der Waals surface area contributed by atoms with E-state index < -0.39 is 0 Å². The summed E-state index contributed by atoms with van der Waals surface area (Å²) in [6, 6.07) is 29.2. The minimum Gasteiger partial charge on any atom is -0.493 e. The van der Waals surface area contributed by atoms with Gasteiger partial charge in [-0.3, -0.25) is 14.8 Å². The Morgan fingerprint density at radius 3 is 2.03 bits per heavy atom. The van der Waals surface area contributed by atoms with E-state index in [0.717, 1.165) is 58.6 Å². The number of hydrogen-bond donors (Lipinski definition) is 1. The van der Waals surface area contributed by atoms with Crippen LogP contribution in [-0.4, -0.2) is 34.0 Å². The number of unbranched alkanes of at least 4 members (excludes halogenated alkanes) is 2. The van der Waals surface area contributed by atoms with Gasteiger partial charge in [0.1, 0.15) is 5.75 Å². The molecule has 3 heterocycles. The lowest BCUT2D eigenvalue weighted by molar-refractivity contribution is 0.0953. The van der Waals surface area contributed by atoms with Crippen molar-refractivity contribution in [1.82, 2.24) is 20.3 Å². The molecule has 0 aliphatic carbocycles. The van der Waals surface area contributed by atoms with Crippen molar-refractivity contribution in [1.29, 1.82) is 0 Å². The number of ether oxygens (including phenoxy) is 1. The summed E-state index contributed by atoms with van der Waals surface area (Å²) in [5.41, 5.74) is 3.75. The van der Waals surface area contributed by atoms with Gasteiger partial charge in [-0.1, -0.05) is 42.5 Å². The van der Waals surface area contributed by atoms with E-state index in [4.69, 9.17) is 9.72 Å². The maximum Gasteiger partial charge on any atom is 0.251 e. The lowest BCUT2D eigenvalue weighted by Crippen LogP contribution is -2.24. The second-order valence-electron chi connectivity index (χ2n) is 8.73. The average molecular weight is 489 g/mol. The van der Waals surface area contributed by atoms with Crippen LogP contribution < -0.4 is 10.1 Å². The first-order valence-electron chi connectivity index (χ1n) is 12.5. The van der Waals surface area contributed by atoms with Crippen LogP contribution in [0.4, 0.5) is 0 Å². The van der Waals surface area contributed by atoms with Crippen LogP contribution in [0.15, 0.2) is 103 Å². The SMILES string of the molecule is O=C(NCCCCCOc1cc(-c2ccccn2)nc(-c2ccccn2)c1)c1ccc2ccccc2c1. The third kappa shape index (κ3) is 6.35. The largest absolute Gasteiger partial charge is 0.493 e. The fourth-order valence-electron chi connectivity index (χ4n) is 4.11. The number of hydrogen-bond acceptors (Lipinski definition) is 5. The first-order chi connectivity index (χ1) is 18.3. The normalized spacial score (nSPS) is 10.8. The van der Waals surface area contributed by atoms with E-state index in [2.05, 4.69) is 15.3 Å². The lowest BCUT2D eigenvalue weighted by atomic mass is 10.1. The zero-order chi connectivity index (χ0) is 25.3. The zero-order valence-electron chi connectivity index (χ0n) is 20.5. The van der Waals surface area contributed by atoms with Gasteiger partial charge in [0.05, 0.1) is 29.4 Å². The molecule has 6 nitrogen and oxygen atoms in total. The molecule has 2 aromatic carbocycles. The highest BCUT2D eigenvalue weighted by atomic mass is 16.5. The molecule has 0 spiro atoms. The van der Waals surface area contributed by atoms with Gasteiger partial charge in [-0.2, -0.15) is 0 Å². The topological polar surface area (TPSA) is 77.0 Å². The molecule has 0 atom stereocenters. The zero-order valence-corrected chi connectivity index (χ0v) is 20.5. The van der Waals surface area contributed by atoms with Crippen LogP contribution in [0.5, 0.6) is 5.75 Å². The number of carbonyl (C=O) groups excluding carboxylic acids is 1. The molecule has 0 saturated heterocycles. The Balaban J connectivity index is 1.12. The fourth-order valence-corrected chi connectivity index (χ4v) is 4.11. The van der Waals surface area contributed by atoms with E-state index in [9.17, 15) is 4.79 Å². The van der Waals surface area contributed by atoms with E-state index in [1.165, 1.54) is 0 Å². The molecule has 0 fully saturated rings. The van der Waals surface area contributed by atoms with E-state index in [-0.39, 0.29) is 5.91 Å². The van der Waals surface area contributed by atoms with Crippen LogP contribution >= 0.6 is 0 Å². The number of nitrogens with zero attached hydrogens (tertiary/aromatic N) is 3. The van der Waals surface area contributed by atoms with Crippen LogP contribution in [0.3, 0.4) is 0 Å². The van der Waals surface area contributed by atoms with Crippen LogP contribution in [0.25, 0.3) is 33.5 Å². The van der Waals surface area contributed by atoms with Crippen molar-refractivity contribution >= 4 is 16.7 Å². The van der Waals surface area contributed by atoms with Gasteiger partial charge in [-0.05, 0) is 66.4 Å². The highest BCUT2D eigenvalue weighted by Crippen LogP contribution is 2.26. The first kappa shape index (κ1) is 24.1. The summed E-state index contributed by atoms with van der Waals surface area (Å²) in [4.78, 5) is 26.1. The molecule has 5 aromatic rings. The number of aromatic nitrogens is 3. The summed E-state index contributed by atoms with van der Waals surface area (Å²) in [6.45, 7) is 1.21. The molecule has 37 heavy (non-hydrogen) atoms. The molecule has 0 unspecified atom stereocenters. The molecule has 0 aliphatic rings. The number of nitrogens with one attached hydrogen (secondary N) is 1. The molecule has 1 amide bonds. The minimum absolute atomic E-state index is 0.0390. The van der Waals surface area contributed by atoms with E-state index in [0.29, 0.717) is 18.7 Å². The molecule has 5 rings (SSSR count). The van der Waals surface area contributed by atoms with E-state index in [1.807, 2.05) is 91.0 Å². The summed E-state index contributed by atoms with van der Waals surface area (Å²) < 4.78 is 6.09. The van der Waals surface area contributed by atoms with Gasteiger partial charge < -0.3 is 10.1 Å². The maximum atomic E-state index is 12.5. The quantitative estimate of drug-likeness (QED) is 0.232. The lowest BCUT2D eigenvalue weighted by Gasteiger charge is -2.11.